The Kier molecular flexibility index (Phi) is 8.00. The van der Waals surface area contributed by atoms with E-state index in [0.29, 0.717) is 37.3 Å². The zero-order valence-corrected chi connectivity index (χ0v) is 26.0. The Hall–Kier alpha value is -1.28. The molecular formula is C34H53NO6. The van der Waals surface area contributed by atoms with E-state index in [-0.39, 0.29) is 30.0 Å². The molecule has 0 spiro atoms. The van der Waals surface area contributed by atoms with Gasteiger partial charge >= 0.3 is 5.97 Å². The lowest BCUT2D eigenvalue weighted by atomic mass is 9.43. The molecule has 4 bridgehead atoms. The Morgan fingerprint density at radius 2 is 1.90 bits per heavy atom. The maximum atomic E-state index is 13.8. The summed E-state index contributed by atoms with van der Waals surface area (Å²) >= 11 is 0. The van der Waals surface area contributed by atoms with Gasteiger partial charge in [0.25, 0.3) is 0 Å². The molecule has 41 heavy (non-hydrogen) atoms. The van der Waals surface area contributed by atoms with Crippen LogP contribution in [-0.2, 0) is 23.8 Å². The van der Waals surface area contributed by atoms with Gasteiger partial charge in [-0.05, 0) is 74.5 Å². The average molecular weight is 572 g/mol. The summed E-state index contributed by atoms with van der Waals surface area (Å²) in [6, 6.07) is 0. The summed E-state index contributed by atoms with van der Waals surface area (Å²) < 4.78 is 19.2. The van der Waals surface area contributed by atoms with Crippen molar-refractivity contribution in [2.75, 3.05) is 33.4 Å². The SMILES string of the molecule is CO[C@H]1CN(CC2CCCCC2)C[C@H](OCC23C[C@@H]4[C@H](C)CC[C@H]4[C@@]4(C=O)CC2C=C(C(C)C)[C@@]34C(=O)O)O[C@@H]1C. The first-order valence-corrected chi connectivity index (χ1v) is 16.6. The molecular weight excluding hydrogens is 518 g/mol. The molecule has 5 fully saturated rings. The van der Waals surface area contributed by atoms with Crippen molar-refractivity contribution < 1.29 is 28.9 Å². The van der Waals surface area contributed by atoms with Crippen molar-refractivity contribution >= 4 is 12.3 Å². The Labute approximate surface area is 246 Å². The van der Waals surface area contributed by atoms with E-state index in [2.05, 4.69) is 38.7 Å². The number of carbonyl (C=O) groups is 2. The summed E-state index contributed by atoms with van der Waals surface area (Å²) in [5, 5.41) is 11.3. The van der Waals surface area contributed by atoms with Crippen LogP contribution in [0.5, 0.6) is 0 Å². The van der Waals surface area contributed by atoms with Crippen molar-refractivity contribution in [2.24, 2.45) is 51.8 Å². The van der Waals surface area contributed by atoms with E-state index >= 15 is 0 Å². The van der Waals surface area contributed by atoms with Crippen LogP contribution in [0.1, 0.15) is 85.5 Å². The molecule has 7 nitrogen and oxygen atoms in total. The second-order valence-electron chi connectivity index (χ2n) is 15.1. The fourth-order valence-electron chi connectivity index (χ4n) is 11.2. The summed E-state index contributed by atoms with van der Waals surface area (Å²) in [5.41, 5.74) is -1.74. The van der Waals surface area contributed by atoms with Crippen LogP contribution in [0.2, 0.25) is 0 Å². The first-order valence-electron chi connectivity index (χ1n) is 16.6. The van der Waals surface area contributed by atoms with Gasteiger partial charge in [0.15, 0.2) is 6.29 Å². The van der Waals surface area contributed by atoms with E-state index < -0.39 is 28.5 Å². The molecule has 0 aromatic rings. The second kappa shape index (κ2) is 11.0. The largest absolute Gasteiger partial charge is 0.481 e. The van der Waals surface area contributed by atoms with Crippen molar-refractivity contribution in [3.8, 4) is 0 Å². The van der Waals surface area contributed by atoms with Gasteiger partial charge in [-0.25, -0.2) is 0 Å². The number of aliphatic carboxylic acids is 1. The van der Waals surface area contributed by atoms with Gasteiger partial charge in [-0.1, -0.05) is 58.1 Å². The van der Waals surface area contributed by atoms with E-state index in [9.17, 15) is 14.7 Å². The van der Waals surface area contributed by atoms with Gasteiger partial charge < -0.3 is 24.1 Å². The second-order valence-corrected chi connectivity index (χ2v) is 15.1. The third-order valence-corrected chi connectivity index (χ3v) is 12.9. The highest BCUT2D eigenvalue weighted by molar-refractivity contribution is 5.90. The Balaban J connectivity index is 1.32. The van der Waals surface area contributed by atoms with Crippen molar-refractivity contribution in [2.45, 2.75) is 104 Å². The van der Waals surface area contributed by atoms with Crippen LogP contribution in [0.3, 0.4) is 0 Å². The number of carboxylic acids is 1. The van der Waals surface area contributed by atoms with Crippen LogP contribution in [0, 0.1) is 51.8 Å². The lowest BCUT2D eigenvalue weighted by Gasteiger charge is -2.58. The number of hydrogen-bond acceptors (Lipinski definition) is 6. The van der Waals surface area contributed by atoms with Crippen molar-refractivity contribution in [1.29, 1.82) is 0 Å². The standard InChI is InChI=1S/C34H53NO6/c1-21(2)28-13-25-14-32(19-36)27-12-11-22(3)26(27)15-33(25,34(28,32)31(37)38)20-40-30-18-35(16-24-9-7-6-8-10-24)17-29(39-5)23(4)41-30/h13,19,21-27,29-30H,6-12,14-18,20H2,1-5H3,(H,37,38)/t22-,23-,25?,26-,27-,29+,30-,32+,33?,34+/m1/s1. The van der Waals surface area contributed by atoms with E-state index in [1.165, 1.54) is 32.1 Å². The molecule has 6 rings (SSSR count). The van der Waals surface area contributed by atoms with Gasteiger partial charge in [-0.15, -0.1) is 0 Å². The first kappa shape index (κ1) is 29.8. The van der Waals surface area contributed by atoms with Gasteiger partial charge in [0.05, 0.1) is 24.2 Å². The molecule has 1 heterocycles. The molecule has 1 aliphatic heterocycles. The molecule has 0 aromatic carbocycles. The number of rotatable bonds is 9. The van der Waals surface area contributed by atoms with E-state index in [4.69, 9.17) is 14.2 Å². The van der Waals surface area contributed by atoms with Gasteiger partial charge in [-0.2, -0.15) is 0 Å². The molecule has 230 valence electrons. The summed E-state index contributed by atoms with van der Waals surface area (Å²) in [4.78, 5) is 29.5. The molecule has 6 aliphatic rings. The van der Waals surface area contributed by atoms with E-state index in [1.54, 1.807) is 7.11 Å². The highest BCUT2D eigenvalue weighted by Crippen LogP contribution is 2.82. The molecule has 2 unspecified atom stereocenters. The van der Waals surface area contributed by atoms with Crippen LogP contribution in [0.25, 0.3) is 0 Å². The molecule has 10 atom stereocenters. The zero-order valence-electron chi connectivity index (χ0n) is 26.0. The summed E-state index contributed by atoms with van der Waals surface area (Å²) in [7, 11) is 1.76. The Morgan fingerprint density at radius 1 is 1.15 bits per heavy atom. The van der Waals surface area contributed by atoms with Crippen molar-refractivity contribution in [3.05, 3.63) is 11.6 Å². The Bertz CT molecular complexity index is 1040. The number of fused-ring (bicyclic) bond motifs is 2. The predicted molar refractivity (Wildman–Crippen MR) is 156 cm³/mol. The molecule has 5 aliphatic carbocycles. The summed E-state index contributed by atoms with van der Waals surface area (Å²) in [6.45, 7) is 11.4. The first-order chi connectivity index (χ1) is 19.6. The number of aldehydes is 1. The monoisotopic (exact) mass is 571 g/mol. The molecule has 1 N–H and O–H groups in total. The van der Waals surface area contributed by atoms with Crippen LogP contribution < -0.4 is 0 Å². The number of nitrogens with zero attached hydrogens (tertiary/aromatic N) is 1. The highest BCUT2D eigenvalue weighted by atomic mass is 16.7. The number of hydrogen-bond donors (Lipinski definition) is 1. The Morgan fingerprint density at radius 3 is 2.56 bits per heavy atom. The number of ether oxygens (including phenoxy) is 3. The number of carboxylic acid groups (broad SMARTS) is 1. The van der Waals surface area contributed by atoms with Crippen LogP contribution in [0.15, 0.2) is 11.6 Å². The summed E-state index contributed by atoms with van der Waals surface area (Å²) in [5.74, 6) is 0.956. The maximum Gasteiger partial charge on any atom is 0.315 e. The zero-order chi connectivity index (χ0) is 29.2. The van der Waals surface area contributed by atoms with E-state index in [0.717, 1.165) is 44.2 Å². The highest BCUT2D eigenvalue weighted by Gasteiger charge is 2.84. The van der Waals surface area contributed by atoms with Crippen LogP contribution >= 0.6 is 0 Å². The van der Waals surface area contributed by atoms with Crippen molar-refractivity contribution in [1.82, 2.24) is 4.90 Å². The molecule has 4 saturated carbocycles. The molecule has 7 heteroatoms. The minimum absolute atomic E-state index is 0.0345. The normalized spacial score (nSPS) is 46.4. The summed E-state index contributed by atoms with van der Waals surface area (Å²) in [6.07, 6.45) is 12.7. The fourth-order valence-corrected chi connectivity index (χ4v) is 11.2. The maximum absolute atomic E-state index is 13.8. The molecule has 0 aromatic heterocycles. The van der Waals surface area contributed by atoms with Crippen LogP contribution in [-0.4, -0.2) is 74.1 Å². The number of methoxy groups -OCH3 is 1. The number of allylic oxidation sites excluding steroid dienone is 1. The predicted octanol–water partition coefficient (Wildman–Crippen LogP) is 5.57. The average Bonchev–Trinajstić information content (AvgIpc) is 3.47. The van der Waals surface area contributed by atoms with Crippen molar-refractivity contribution in [3.63, 3.8) is 0 Å². The third kappa shape index (κ3) is 4.26. The van der Waals surface area contributed by atoms with Gasteiger partial charge in [0.1, 0.15) is 11.7 Å². The van der Waals surface area contributed by atoms with Gasteiger partial charge in [0, 0.05) is 32.2 Å². The third-order valence-electron chi connectivity index (χ3n) is 12.9. The van der Waals surface area contributed by atoms with Gasteiger partial charge in [0.2, 0.25) is 0 Å². The minimum Gasteiger partial charge on any atom is -0.481 e. The molecule has 0 amide bonds. The van der Waals surface area contributed by atoms with Crippen LogP contribution in [0.4, 0.5) is 0 Å². The number of carbonyl (C=O) groups excluding carboxylic acids is 1. The quantitative estimate of drug-likeness (QED) is 0.286. The molecule has 0 radical (unpaired) electrons. The fraction of sp³-hybridized carbons (Fsp3) is 0.882. The lowest BCUT2D eigenvalue weighted by molar-refractivity contribution is -0.220. The molecule has 1 saturated heterocycles. The minimum atomic E-state index is -1.21. The topological polar surface area (TPSA) is 85.3 Å². The smallest absolute Gasteiger partial charge is 0.315 e. The van der Waals surface area contributed by atoms with Gasteiger partial charge in [-0.3, -0.25) is 9.69 Å². The van der Waals surface area contributed by atoms with E-state index in [1.807, 2.05) is 0 Å². The lowest BCUT2D eigenvalue weighted by Crippen LogP contribution is -2.63.